The first-order valence-electron chi connectivity index (χ1n) is 11.0. The summed E-state index contributed by atoms with van der Waals surface area (Å²) in [5.74, 6) is 1.02. The van der Waals surface area contributed by atoms with Crippen LogP contribution in [0, 0.1) is 0 Å². The van der Waals surface area contributed by atoms with Gasteiger partial charge < -0.3 is 20.7 Å². The summed E-state index contributed by atoms with van der Waals surface area (Å²) in [6, 6.07) is 16.8. The van der Waals surface area contributed by atoms with E-state index < -0.39 is 0 Å². The number of aliphatic imine (C=N–C) groups is 1. The van der Waals surface area contributed by atoms with Gasteiger partial charge in [-0.25, -0.2) is 9.97 Å². The van der Waals surface area contributed by atoms with Gasteiger partial charge in [-0.15, -0.1) is 0 Å². The Labute approximate surface area is 207 Å². The SMILES string of the molecule is Cn1cc(-c2ccc3nc(C(C=NCCO)=CN)nc(NCc4cccc(Cl)c4)c3c2)ccc1=O. The molecule has 0 atom stereocenters. The minimum atomic E-state index is -0.0737. The van der Waals surface area contributed by atoms with Crippen molar-refractivity contribution < 1.29 is 5.11 Å². The number of anilines is 1. The van der Waals surface area contributed by atoms with E-state index in [-0.39, 0.29) is 18.7 Å². The van der Waals surface area contributed by atoms with Crippen molar-refractivity contribution in [2.24, 2.45) is 17.8 Å². The molecule has 2 aromatic carbocycles. The van der Waals surface area contributed by atoms with Crippen LogP contribution in [0.5, 0.6) is 0 Å². The van der Waals surface area contributed by atoms with E-state index in [1.165, 1.54) is 6.20 Å². The van der Waals surface area contributed by atoms with E-state index >= 15 is 0 Å². The molecule has 0 unspecified atom stereocenters. The number of aliphatic hydroxyl groups is 1. The number of aryl methyl sites for hydroxylation is 1. The Balaban J connectivity index is 1.80. The van der Waals surface area contributed by atoms with E-state index in [4.69, 9.17) is 32.4 Å². The van der Waals surface area contributed by atoms with Crippen LogP contribution in [-0.2, 0) is 13.6 Å². The molecule has 4 aromatic rings. The molecule has 9 heteroatoms. The zero-order valence-corrected chi connectivity index (χ0v) is 19.9. The van der Waals surface area contributed by atoms with Crippen molar-refractivity contribution >= 4 is 40.1 Å². The number of aromatic nitrogens is 3. The number of rotatable bonds is 8. The average molecular weight is 489 g/mol. The van der Waals surface area contributed by atoms with Crippen molar-refractivity contribution in [3.05, 3.63) is 93.8 Å². The van der Waals surface area contributed by atoms with Crippen LogP contribution in [0.3, 0.4) is 0 Å². The number of halogens is 1. The lowest BCUT2D eigenvalue weighted by atomic mass is 10.0. The highest BCUT2D eigenvalue weighted by Gasteiger charge is 2.12. The lowest BCUT2D eigenvalue weighted by molar-refractivity contribution is 0.307. The molecule has 178 valence electrons. The highest BCUT2D eigenvalue weighted by molar-refractivity contribution is 6.30. The molecule has 2 aromatic heterocycles. The Bertz CT molecular complexity index is 1480. The molecule has 4 rings (SSSR count). The van der Waals surface area contributed by atoms with E-state index in [0.29, 0.717) is 34.3 Å². The Kier molecular flexibility index (Phi) is 7.54. The topological polar surface area (TPSA) is 118 Å². The number of benzene rings is 2. The summed E-state index contributed by atoms with van der Waals surface area (Å²) in [5.41, 5.74) is 9.83. The molecule has 0 aliphatic heterocycles. The van der Waals surface area contributed by atoms with Crippen molar-refractivity contribution in [2.45, 2.75) is 6.54 Å². The quantitative estimate of drug-likeness (QED) is 0.326. The number of nitrogens with one attached hydrogen (secondary N) is 1. The number of hydrogen-bond donors (Lipinski definition) is 3. The lowest BCUT2D eigenvalue weighted by Gasteiger charge is -2.13. The summed E-state index contributed by atoms with van der Waals surface area (Å²) in [7, 11) is 1.72. The van der Waals surface area contributed by atoms with Gasteiger partial charge in [0.05, 0.1) is 24.2 Å². The number of pyridine rings is 1. The third kappa shape index (κ3) is 5.74. The van der Waals surface area contributed by atoms with Gasteiger partial charge in [-0.05, 0) is 47.0 Å². The molecule has 0 radical (unpaired) electrons. The van der Waals surface area contributed by atoms with E-state index in [9.17, 15) is 4.79 Å². The minimum absolute atomic E-state index is 0.0623. The van der Waals surface area contributed by atoms with Gasteiger partial charge in [0.2, 0.25) is 5.56 Å². The summed E-state index contributed by atoms with van der Waals surface area (Å²) in [6.45, 7) is 0.692. The molecule has 0 aliphatic carbocycles. The summed E-state index contributed by atoms with van der Waals surface area (Å²) in [6.07, 6.45) is 4.74. The second-order valence-electron chi connectivity index (χ2n) is 7.86. The predicted octanol–water partition coefficient (Wildman–Crippen LogP) is 3.62. The summed E-state index contributed by atoms with van der Waals surface area (Å²) in [5, 5.41) is 13.9. The summed E-state index contributed by atoms with van der Waals surface area (Å²) < 4.78 is 1.54. The van der Waals surface area contributed by atoms with Gasteiger partial charge in [0.25, 0.3) is 0 Å². The predicted molar refractivity (Wildman–Crippen MR) is 142 cm³/mol. The van der Waals surface area contributed by atoms with Crippen LogP contribution in [-0.4, -0.2) is 39.0 Å². The molecule has 0 saturated heterocycles. The first-order valence-corrected chi connectivity index (χ1v) is 11.4. The van der Waals surface area contributed by atoms with Crippen molar-refractivity contribution in [3.8, 4) is 11.1 Å². The molecule has 8 nitrogen and oxygen atoms in total. The van der Waals surface area contributed by atoms with E-state index in [0.717, 1.165) is 22.1 Å². The Hall–Kier alpha value is -4.01. The number of nitrogens with two attached hydrogens (primary N) is 1. The molecule has 0 bridgehead atoms. The van der Waals surface area contributed by atoms with Crippen LogP contribution in [0.25, 0.3) is 27.6 Å². The number of hydrogen-bond acceptors (Lipinski definition) is 7. The maximum Gasteiger partial charge on any atom is 0.250 e. The lowest BCUT2D eigenvalue weighted by Crippen LogP contribution is -2.13. The third-order valence-corrected chi connectivity index (χ3v) is 5.60. The monoisotopic (exact) mass is 488 g/mol. The van der Waals surface area contributed by atoms with Gasteiger partial charge >= 0.3 is 0 Å². The number of nitrogens with zero attached hydrogens (tertiary/aromatic N) is 4. The van der Waals surface area contributed by atoms with Gasteiger partial charge in [-0.1, -0.05) is 29.8 Å². The van der Waals surface area contributed by atoms with Crippen molar-refractivity contribution in [1.29, 1.82) is 0 Å². The second kappa shape index (κ2) is 10.9. The van der Waals surface area contributed by atoms with Crippen LogP contribution in [0.4, 0.5) is 5.82 Å². The molecule has 0 amide bonds. The number of aliphatic hydroxyl groups excluding tert-OH is 1. The Morgan fingerprint density at radius 3 is 2.74 bits per heavy atom. The zero-order valence-electron chi connectivity index (χ0n) is 19.1. The Morgan fingerprint density at radius 2 is 2.00 bits per heavy atom. The molecular weight excluding hydrogens is 464 g/mol. The molecule has 0 spiro atoms. The maximum atomic E-state index is 11.8. The molecule has 2 heterocycles. The molecule has 4 N–H and O–H groups in total. The highest BCUT2D eigenvalue weighted by Crippen LogP contribution is 2.28. The standard InChI is InChI=1S/C26H25ClN6O2/c1-33-16-19(6-8-24(33)35)18-5-7-23-22(12-18)26(30-14-17-3-2-4-21(27)11-17)32-25(31-23)20(13-28)15-29-9-10-34/h2-8,11-13,15-16,34H,9-10,14,28H2,1H3,(H,30,31,32). The van der Waals surface area contributed by atoms with Gasteiger partial charge in [-0.3, -0.25) is 9.79 Å². The van der Waals surface area contributed by atoms with Crippen molar-refractivity contribution in [3.63, 3.8) is 0 Å². The zero-order chi connectivity index (χ0) is 24.8. The van der Waals surface area contributed by atoms with E-state index in [2.05, 4.69) is 10.3 Å². The van der Waals surface area contributed by atoms with E-state index in [1.54, 1.807) is 36.2 Å². The fourth-order valence-corrected chi connectivity index (χ4v) is 3.78. The fraction of sp³-hybridized carbons (Fsp3) is 0.154. The maximum absolute atomic E-state index is 11.8. The van der Waals surface area contributed by atoms with Crippen molar-refractivity contribution in [1.82, 2.24) is 14.5 Å². The van der Waals surface area contributed by atoms with Crippen molar-refractivity contribution in [2.75, 3.05) is 18.5 Å². The molecular formula is C26H25ClN6O2. The Morgan fingerprint density at radius 1 is 1.17 bits per heavy atom. The molecule has 0 fully saturated rings. The number of fused-ring (bicyclic) bond motifs is 1. The van der Waals surface area contributed by atoms with Crippen LogP contribution in [0.15, 0.2) is 76.8 Å². The fourth-order valence-electron chi connectivity index (χ4n) is 3.57. The van der Waals surface area contributed by atoms with Crippen LogP contribution < -0.4 is 16.6 Å². The summed E-state index contributed by atoms with van der Waals surface area (Å²) >= 11 is 6.15. The summed E-state index contributed by atoms with van der Waals surface area (Å²) in [4.78, 5) is 25.4. The molecule has 0 aliphatic rings. The number of allylic oxidation sites excluding steroid dienone is 1. The average Bonchev–Trinajstić information content (AvgIpc) is 2.86. The smallest absolute Gasteiger partial charge is 0.250 e. The van der Waals surface area contributed by atoms with Crippen LogP contribution in [0.1, 0.15) is 11.4 Å². The highest BCUT2D eigenvalue weighted by atomic mass is 35.5. The third-order valence-electron chi connectivity index (χ3n) is 5.36. The van der Waals surface area contributed by atoms with Gasteiger partial charge in [0.15, 0.2) is 5.82 Å². The molecule has 35 heavy (non-hydrogen) atoms. The molecule has 0 saturated carbocycles. The first kappa shape index (κ1) is 24.1. The largest absolute Gasteiger partial charge is 0.404 e. The normalized spacial score (nSPS) is 11.9. The van der Waals surface area contributed by atoms with Crippen LogP contribution in [0.2, 0.25) is 5.02 Å². The van der Waals surface area contributed by atoms with Gasteiger partial charge in [0, 0.05) is 48.7 Å². The first-order chi connectivity index (χ1) is 17.0. The van der Waals surface area contributed by atoms with Gasteiger partial charge in [-0.2, -0.15) is 0 Å². The minimum Gasteiger partial charge on any atom is -0.404 e. The van der Waals surface area contributed by atoms with Gasteiger partial charge in [0.1, 0.15) is 5.82 Å². The van der Waals surface area contributed by atoms with E-state index in [1.807, 2.05) is 42.5 Å². The van der Waals surface area contributed by atoms with Crippen LogP contribution >= 0.6 is 11.6 Å². The second-order valence-corrected chi connectivity index (χ2v) is 8.30.